The van der Waals surface area contributed by atoms with E-state index in [1.807, 2.05) is 19.9 Å². The smallest absolute Gasteiger partial charge is 0.261 e. The average Bonchev–Trinajstić information content (AvgIpc) is 3.14. The number of amides is 2. The predicted molar refractivity (Wildman–Crippen MR) is 106 cm³/mol. The Morgan fingerprint density at radius 3 is 2.20 bits per heavy atom. The van der Waals surface area contributed by atoms with Gasteiger partial charge in [0, 0.05) is 12.1 Å². The van der Waals surface area contributed by atoms with Crippen LogP contribution in [-0.4, -0.2) is 18.9 Å². The fraction of sp³-hybridized carbons (Fsp3) is 0.368. The lowest BCUT2D eigenvalue weighted by Crippen LogP contribution is -2.16. The summed E-state index contributed by atoms with van der Waals surface area (Å²) >= 11 is 6.96. The molecule has 0 radical (unpaired) electrons. The number of nitrogens with one attached hydrogen (secondary N) is 1. The van der Waals surface area contributed by atoms with E-state index in [0.717, 1.165) is 16.4 Å². The molecule has 3 N–H and O–H groups in total. The number of aryl methyl sites for hydroxylation is 2. The summed E-state index contributed by atoms with van der Waals surface area (Å²) in [5.41, 5.74) is 7.97. The topological polar surface area (TPSA) is 72.2 Å². The first-order valence-corrected chi connectivity index (χ1v) is 9.59. The van der Waals surface area contributed by atoms with Gasteiger partial charge in [-0.3, -0.25) is 9.59 Å². The number of benzene rings is 1. The molecule has 2 amide bonds. The monoisotopic (exact) mass is 380 g/mol. The molecule has 0 fully saturated rings. The molecule has 1 aliphatic carbocycles. The van der Waals surface area contributed by atoms with Crippen LogP contribution in [0.25, 0.3) is 0 Å². The number of primary amides is 1. The molecule has 0 spiro atoms. The van der Waals surface area contributed by atoms with Crippen molar-refractivity contribution >= 4 is 34.8 Å². The Morgan fingerprint density at radius 2 is 1.64 bits per heavy atom. The molecule has 0 saturated heterocycles. The van der Waals surface area contributed by atoms with E-state index in [2.05, 4.69) is 17.4 Å². The van der Waals surface area contributed by atoms with Gasteiger partial charge in [0.2, 0.25) is 0 Å². The molecule has 25 heavy (non-hydrogen) atoms. The molecule has 0 saturated carbocycles. The van der Waals surface area contributed by atoms with Gasteiger partial charge in [0.1, 0.15) is 0 Å². The fourth-order valence-corrected chi connectivity index (χ4v) is 3.42. The van der Waals surface area contributed by atoms with Crippen molar-refractivity contribution in [2.45, 2.75) is 39.5 Å². The molecule has 4 nitrogen and oxygen atoms in total. The van der Waals surface area contributed by atoms with Crippen LogP contribution in [0.2, 0.25) is 5.02 Å². The molecular formula is C19H25ClN2O2S. The molecule has 6 heteroatoms. The molecule has 136 valence electrons. The number of nitrogens with two attached hydrogens (primary N) is 1. The lowest BCUT2D eigenvalue weighted by atomic mass is 9.92. The average molecular weight is 381 g/mol. The van der Waals surface area contributed by atoms with Crippen LogP contribution in [0.3, 0.4) is 0 Å². The number of carbonyl (C=O) groups excluding carboxylic acids is 2. The van der Waals surface area contributed by atoms with Gasteiger partial charge in [-0.25, -0.2) is 0 Å². The van der Waals surface area contributed by atoms with Gasteiger partial charge in [-0.2, -0.15) is 0 Å². The van der Waals surface area contributed by atoms with Crippen LogP contribution in [0.5, 0.6) is 0 Å². The van der Waals surface area contributed by atoms with Crippen molar-refractivity contribution < 1.29 is 9.59 Å². The summed E-state index contributed by atoms with van der Waals surface area (Å²) in [4.78, 5) is 22.5. The van der Waals surface area contributed by atoms with Crippen molar-refractivity contribution in [2.75, 3.05) is 7.05 Å². The molecule has 1 aliphatic rings. The maximum Gasteiger partial charge on any atom is 0.261 e. The van der Waals surface area contributed by atoms with Gasteiger partial charge in [0.15, 0.2) is 0 Å². The minimum atomic E-state index is -0.504. The first-order valence-electron chi connectivity index (χ1n) is 8.40. The van der Waals surface area contributed by atoms with Crippen molar-refractivity contribution in [3.05, 3.63) is 56.2 Å². The van der Waals surface area contributed by atoms with Crippen LogP contribution in [0.4, 0.5) is 0 Å². The number of hydrogen-bond donors (Lipinski definition) is 2. The highest BCUT2D eigenvalue weighted by Crippen LogP contribution is 2.23. The van der Waals surface area contributed by atoms with Gasteiger partial charge in [0.05, 0.1) is 9.75 Å². The van der Waals surface area contributed by atoms with Crippen LogP contribution in [-0.2, 0) is 12.8 Å². The van der Waals surface area contributed by atoms with Gasteiger partial charge in [-0.1, -0.05) is 31.5 Å². The highest BCUT2D eigenvalue weighted by Gasteiger charge is 2.09. The summed E-state index contributed by atoms with van der Waals surface area (Å²) in [6, 6.07) is 9.37. The number of thiophene rings is 1. The number of fused-ring (bicyclic) bond motifs is 1. The zero-order valence-corrected chi connectivity index (χ0v) is 16.5. The number of rotatable bonds is 2. The van der Waals surface area contributed by atoms with Crippen LogP contribution in [0, 0.1) is 0 Å². The summed E-state index contributed by atoms with van der Waals surface area (Å²) in [5, 5.41) is 3.33. The number of hydrogen-bond acceptors (Lipinski definition) is 3. The SMILES string of the molecule is CC.CNC(=O)c1ccc(C(N)=O)s1.Clc1ccc2c(c1)CCCC2. The molecule has 0 atom stereocenters. The number of halogens is 1. The van der Waals surface area contributed by atoms with E-state index in [1.165, 1.54) is 49.9 Å². The van der Waals surface area contributed by atoms with Gasteiger partial charge < -0.3 is 11.1 Å². The summed E-state index contributed by atoms with van der Waals surface area (Å²) < 4.78 is 0. The van der Waals surface area contributed by atoms with E-state index < -0.39 is 5.91 Å². The summed E-state index contributed by atoms with van der Waals surface area (Å²) in [6.45, 7) is 4.00. The highest BCUT2D eigenvalue weighted by atomic mass is 35.5. The molecule has 2 aromatic rings. The largest absolute Gasteiger partial charge is 0.365 e. The van der Waals surface area contributed by atoms with E-state index in [0.29, 0.717) is 9.75 Å². The third-order valence-corrected chi connectivity index (χ3v) is 4.94. The van der Waals surface area contributed by atoms with Gasteiger partial charge in [-0.15, -0.1) is 11.3 Å². The normalized spacial score (nSPS) is 11.8. The first kappa shape index (κ1) is 21.2. The van der Waals surface area contributed by atoms with E-state index in [9.17, 15) is 9.59 Å². The molecule has 1 aromatic carbocycles. The highest BCUT2D eigenvalue weighted by molar-refractivity contribution is 7.15. The third kappa shape index (κ3) is 6.52. The zero-order chi connectivity index (χ0) is 18.8. The molecule has 3 rings (SSSR count). The molecule has 1 heterocycles. The van der Waals surface area contributed by atoms with Crippen molar-refractivity contribution in [1.82, 2.24) is 5.32 Å². The second kappa shape index (κ2) is 10.9. The predicted octanol–water partition coefficient (Wildman–Crippen LogP) is 4.45. The molecule has 0 bridgehead atoms. The summed E-state index contributed by atoms with van der Waals surface area (Å²) in [6.07, 6.45) is 5.13. The van der Waals surface area contributed by atoms with E-state index in [1.54, 1.807) is 6.07 Å². The van der Waals surface area contributed by atoms with Gasteiger partial charge in [0.25, 0.3) is 11.8 Å². The zero-order valence-electron chi connectivity index (χ0n) is 14.9. The lowest BCUT2D eigenvalue weighted by molar-refractivity contribution is 0.0966. The van der Waals surface area contributed by atoms with Gasteiger partial charge >= 0.3 is 0 Å². The van der Waals surface area contributed by atoms with E-state index in [4.69, 9.17) is 17.3 Å². The standard InChI is InChI=1S/C10H11Cl.C7H8N2O2S.C2H6/c11-10-6-5-8-3-1-2-4-9(8)7-10;1-9-7(11)5-3-2-4(12-5)6(8)10;1-2/h5-7H,1-4H2;2-3H,1H3,(H2,8,10)(H,9,11);1-2H3. The van der Waals surface area contributed by atoms with Crippen LogP contribution >= 0.6 is 22.9 Å². The molecule has 0 unspecified atom stereocenters. The molecule has 0 aliphatic heterocycles. The minimum Gasteiger partial charge on any atom is -0.365 e. The Balaban J connectivity index is 0.000000228. The van der Waals surface area contributed by atoms with Gasteiger partial charge in [-0.05, 0) is 61.1 Å². The van der Waals surface area contributed by atoms with Crippen molar-refractivity contribution in [3.63, 3.8) is 0 Å². The first-order chi connectivity index (χ1) is 12.0. The molecule has 1 aromatic heterocycles. The van der Waals surface area contributed by atoms with Crippen LogP contribution in [0.15, 0.2) is 30.3 Å². The molecular weight excluding hydrogens is 356 g/mol. The number of carbonyl (C=O) groups is 2. The fourth-order valence-electron chi connectivity index (χ4n) is 2.42. The third-order valence-electron chi connectivity index (χ3n) is 3.61. The van der Waals surface area contributed by atoms with Crippen molar-refractivity contribution in [3.8, 4) is 0 Å². The Morgan fingerprint density at radius 1 is 1.04 bits per heavy atom. The van der Waals surface area contributed by atoms with E-state index in [-0.39, 0.29) is 5.91 Å². The quantitative estimate of drug-likeness (QED) is 0.807. The Kier molecular flexibility index (Phi) is 9.24. The second-order valence-corrected chi connectivity index (χ2v) is 6.75. The lowest BCUT2D eigenvalue weighted by Gasteiger charge is -2.14. The minimum absolute atomic E-state index is 0.201. The maximum atomic E-state index is 11.0. The Bertz CT molecular complexity index is 713. The van der Waals surface area contributed by atoms with Crippen LogP contribution in [0.1, 0.15) is 57.2 Å². The second-order valence-electron chi connectivity index (χ2n) is 5.23. The maximum absolute atomic E-state index is 11.0. The summed E-state index contributed by atoms with van der Waals surface area (Å²) in [5.74, 6) is -0.706. The Hall–Kier alpha value is -1.85. The summed E-state index contributed by atoms with van der Waals surface area (Å²) in [7, 11) is 1.53. The Labute approximate surface area is 158 Å². The van der Waals surface area contributed by atoms with Crippen LogP contribution < -0.4 is 11.1 Å². The van der Waals surface area contributed by atoms with Crippen molar-refractivity contribution in [1.29, 1.82) is 0 Å². The van der Waals surface area contributed by atoms with E-state index >= 15 is 0 Å². The van der Waals surface area contributed by atoms with Crippen molar-refractivity contribution in [2.24, 2.45) is 5.73 Å².